The van der Waals surface area contributed by atoms with Gasteiger partial charge in [0.1, 0.15) is 5.78 Å². The summed E-state index contributed by atoms with van der Waals surface area (Å²) in [7, 11) is 0. The predicted octanol–water partition coefficient (Wildman–Crippen LogP) is 4.45. The van der Waals surface area contributed by atoms with Crippen molar-refractivity contribution in [3.8, 4) is 0 Å². The molecule has 0 bridgehead atoms. The molecule has 0 aliphatic heterocycles. The lowest BCUT2D eigenvalue weighted by Gasteiger charge is -2.35. The van der Waals surface area contributed by atoms with Crippen LogP contribution in [0.25, 0.3) is 0 Å². The highest BCUT2D eigenvalue weighted by Crippen LogP contribution is 2.38. The van der Waals surface area contributed by atoms with Crippen molar-refractivity contribution < 1.29 is 4.79 Å². The summed E-state index contributed by atoms with van der Waals surface area (Å²) in [5.74, 6) is 3.79. The second kappa shape index (κ2) is 6.42. The van der Waals surface area contributed by atoms with E-state index in [9.17, 15) is 4.79 Å². The third-order valence-electron chi connectivity index (χ3n) is 4.13. The molecule has 0 heterocycles. The van der Waals surface area contributed by atoms with Gasteiger partial charge in [-0.3, -0.25) is 0 Å². The molecule has 1 saturated carbocycles. The Bertz CT molecular complexity index is 219. The fourth-order valence-electron chi connectivity index (χ4n) is 3.27. The molecule has 0 aromatic heterocycles. The molecule has 0 saturated heterocycles. The Hall–Kier alpha value is -0.330. The van der Waals surface area contributed by atoms with Crippen molar-refractivity contribution >= 4 is 5.78 Å². The molecule has 0 N–H and O–H groups in total. The van der Waals surface area contributed by atoms with Gasteiger partial charge < -0.3 is 4.79 Å². The largest absolute Gasteiger partial charge is 0.300 e. The van der Waals surface area contributed by atoms with Gasteiger partial charge in [-0.15, -0.1) is 0 Å². The van der Waals surface area contributed by atoms with Crippen LogP contribution in [0.5, 0.6) is 0 Å². The van der Waals surface area contributed by atoms with E-state index in [2.05, 4.69) is 20.8 Å². The average molecular weight is 224 g/mol. The van der Waals surface area contributed by atoms with E-state index in [1.807, 2.05) is 0 Å². The van der Waals surface area contributed by atoms with E-state index in [1.54, 1.807) is 6.92 Å². The quantitative estimate of drug-likeness (QED) is 0.674. The monoisotopic (exact) mass is 224 g/mol. The van der Waals surface area contributed by atoms with Crippen LogP contribution in [0.3, 0.4) is 0 Å². The molecule has 0 spiro atoms. The normalized spacial score (nSPS) is 30.7. The SMILES string of the molecule is CC(=O)CCC1CCC(CC(C)C)CC1C. The van der Waals surface area contributed by atoms with E-state index in [-0.39, 0.29) is 0 Å². The standard InChI is InChI=1S/C15H28O/c1-11(2)9-14-6-8-15(12(3)10-14)7-5-13(4)16/h11-12,14-15H,5-10H2,1-4H3. The number of ketones is 1. The second-order valence-corrected chi connectivity index (χ2v) is 6.29. The van der Waals surface area contributed by atoms with Crippen molar-refractivity contribution in [2.24, 2.45) is 23.7 Å². The van der Waals surface area contributed by atoms with Crippen molar-refractivity contribution in [2.75, 3.05) is 0 Å². The number of carbonyl (C=O) groups is 1. The summed E-state index contributed by atoms with van der Waals surface area (Å²) in [6, 6.07) is 0. The maximum atomic E-state index is 11.0. The molecule has 0 aromatic carbocycles. The predicted molar refractivity (Wildman–Crippen MR) is 69.4 cm³/mol. The smallest absolute Gasteiger partial charge is 0.129 e. The molecule has 1 heteroatoms. The zero-order valence-electron chi connectivity index (χ0n) is 11.5. The molecule has 94 valence electrons. The first-order valence-electron chi connectivity index (χ1n) is 6.98. The van der Waals surface area contributed by atoms with Crippen molar-refractivity contribution in [2.45, 2.75) is 66.2 Å². The lowest BCUT2D eigenvalue weighted by Crippen LogP contribution is -2.24. The van der Waals surface area contributed by atoms with E-state index in [0.717, 1.165) is 36.5 Å². The zero-order chi connectivity index (χ0) is 12.1. The molecule has 3 unspecified atom stereocenters. The van der Waals surface area contributed by atoms with Gasteiger partial charge in [-0.05, 0) is 56.3 Å². The highest BCUT2D eigenvalue weighted by molar-refractivity contribution is 5.75. The van der Waals surface area contributed by atoms with Gasteiger partial charge in [-0.1, -0.05) is 27.2 Å². The first-order chi connectivity index (χ1) is 7.49. The first kappa shape index (κ1) is 13.7. The summed E-state index contributed by atoms with van der Waals surface area (Å²) in [4.78, 5) is 11.0. The van der Waals surface area contributed by atoms with Crippen LogP contribution in [-0.4, -0.2) is 5.78 Å². The van der Waals surface area contributed by atoms with Gasteiger partial charge in [0, 0.05) is 6.42 Å². The summed E-state index contributed by atoms with van der Waals surface area (Å²) in [6.45, 7) is 8.76. The van der Waals surface area contributed by atoms with E-state index in [4.69, 9.17) is 0 Å². The topological polar surface area (TPSA) is 17.1 Å². The molecule has 0 aromatic rings. The summed E-state index contributed by atoms with van der Waals surface area (Å²) in [5, 5.41) is 0. The average Bonchev–Trinajstić information content (AvgIpc) is 2.15. The molecular weight excluding hydrogens is 196 g/mol. The maximum absolute atomic E-state index is 11.0. The van der Waals surface area contributed by atoms with Gasteiger partial charge in [-0.2, -0.15) is 0 Å². The third kappa shape index (κ3) is 4.67. The van der Waals surface area contributed by atoms with Crippen LogP contribution in [0.2, 0.25) is 0 Å². The first-order valence-corrected chi connectivity index (χ1v) is 6.98. The summed E-state index contributed by atoms with van der Waals surface area (Å²) in [6.07, 6.45) is 7.45. The van der Waals surface area contributed by atoms with E-state index < -0.39 is 0 Å². The van der Waals surface area contributed by atoms with Crippen LogP contribution < -0.4 is 0 Å². The van der Waals surface area contributed by atoms with Gasteiger partial charge in [0.25, 0.3) is 0 Å². The van der Waals surface area contributed by atoms with Gasteiger partial charge in [0.15, 0.2) is 0 Å². The Labute approximate surface area is 101 Å². The number of carbonyl (C=O) groups excluding carboxylic acids is 1. The maximum Gasteiger partial charge on any atom is 0.129 e. The Kier molecular flexibility index (Phi) is 5.51. The highest BCUT2D eigenvalue weighted by atomic mass is 16.1. The van der Waals surface area contributed by atoms with Gasteiger partial charge in [0.05, 0.1) is 0 Å². The molecule has 1 fully saturated rings. The fourth-order valence-corrected chi connectivity index (χ4v) is 3.27. The lowest BCUT2D eigenvalue weighted by atomic mass is 9.71. The third-order valence-corrected chi connectivity index (χ3v) is 4.13. The summed E-state index contributed by atoms with van der Waals surface area (Å²) < 4.78 is 0. The number of hydrogen-bond donors (Lipinski definition) is 0. The van der Waals surface area contributed by atoms with E-state index in [0.29, 0.717) is 5.78 Å². The van der Waals surface area contributed by atoms with Crippen LogP contribution in [-0.2, 0) is 4.79 Å². The number of rotatable bonds is 5. The molecule has 0 radical (unpaired) electrons. The van der Waals surface area contributed by atoms with Gasteiger partial charge in [0.2, 0.25) is 0 Å². The van der Waals surface area contributed by atoms with Crippen molar-refractivity contribution in [3.63, 3.8) is 0 Å². The molecule has 1 nitrogen and oxygen atoms in total. The number of Topliss-reactive ketones (excluding diaryl/α,β-unsaturated/α-hetero) is 1. The molecule has 1 aliphatic carbocycles. The van der Waals surface area contributed by atoms with Crippen molar-refractivity contribution in [3.05, 3.63) is 0 Å². The van der Waals surface area contributed by atoms with Crippen LogP contribution >= 0.6 is 0 Å². The van der Waals surface area contributed by atoms with E-state index in [1.165, 1.54) is 25.7 Å². The minimum Gasteiger partial charge on any atom is -0.300 e. The minimum atomic E-state index is 0.358. The van der Waals surface area contributed by atoms with Crippen LogP contribution in [0.15, 0.2) is 0 Å². The Balaban J connectivity index is 2.31. The highest BCUT2D eigenvalue weighted by Gasteiger charge is 2.27. The fraction of sp³-hybridized carbons (Fsp3) is 0.933. The minimum absolute atomic E-state index is 0.358. The summed E-state index contributed by atoms with van der Waals surface area (Å²) >= 11 is 0. The zero-order valence-corrected chi connectivity index (χ0v) is 11.5. The van der Waals surface area contributed by atoms with Crippen molar-refractivity contribution in [1.82, 2.24) is 0 Å². The molecule has 3 atom stereocenters. The summed E-state index contributed by atoms with van der Waals surface area (Å²) in [5.41, 5.74) is 0. The van der Waals surface area contributed by atoms with E-state index >= 15 is 0 Å². The Morgan fingerprint density at radius 2 is 2.00 bits per heavy atom. The molecule has 1 aliphatic rings. The van der Waals surface area contributed by atoms with Gasteiger partial charge in [-0.25, -0.2) is 0 Å². The van der Waals surface area contributed by atoms with Gasteiger partial charge >= 0.3 is 0 Å². The number of hydrogen-bond acceptors (Lipinski definition) is 1. The Morgan fingerprint density at radius 3 is 2.50 bits per heavy atom. The van der Waals surface area contributed by atoms with Crippen LogP contribution in [0.1, 0.15) is 66.2 Å². The molecule has 1 rings (SSSR count). The molecule has 16 heavy (non-hydrogen) atoms. The second-order valence-electron chi connectivity index (χ2n) is 6.29. The lowest BCUT2D eigenvalue weighted by molar-refractivity contribution is -0.117. The van der Waals surface area contributed by atoms with Crippen molar-refractivity contribution in [1.29, 1.82) is 0 Å². The van der Waals surface area contributed by atoms with Crippen LogP contribution in [0, 0.1) is 23.7 Å². The molecule has 0 amide bonds. The Morgan fingerprint density at radius 1 is 1.31 bits per heavy atom. The molecular formula is C15H28O. The van der Waals surface area contributed by atoms with Crippen LogP contribution in [0.4, 0.5) is 0 Å².